The molecule has 1 aliphatic heterocycles. The summed E-state index contributed by atoms with van der Waals surface area (Å²) in [6, 6.07) is 56.1. The van der Waals surface area contributed by atoms with Crippen LogP contribution in [0.4, 0.5) is 11.4 Å². The van der Waals surface area contributed by atoms with E-state index in [1.54, 1.807) is 0 Å². The normalized spacial score (nSPS) is 14.1. The number of ether oxygens (including phenoxy) is 1. The minimum atomic E-state index is -0.267. The predicted octanol–water partition coefficient (Wildman–Crippen LogP) is 18.2. The molecule has 2 aromatic heterocycles. The molecule has 0 fully saturated rings. The van der Waals surface area contributed by atoms with Crippen molar-refractivity contribution in [2.75, 3.05) is 9.80 Å². The maximum absolute atomic E-state index is 7.05. The summed E-state index contributed by atoms with van der Waals surface area (Å²) < 4.78 is 9.30. The number of hydrogen-bond acceptors (Lipinski definition) is 4. The Morgan fingerprint density at radius 1 is 0.452 bits per heavy atom. The average Bonchev–Trinajstić information content (AvgIpc) is 3.89. The monoisotopic (exact) mass is 1150 g/mol. The van der Waals surface area contributed by atoms with E-state index in [9.17, 15) is 0 Å². The van der Waals surface area contributed by atoms with Gasteiger partial charge in [0.25, 0.3) is 0 Å². The number of aromatic nitrogens is 2. The molecule has 0 bridgehead atoms. The minimum Gasteiger partial charge on any atom is -0.509 e. The van der Waals surface area contributed by atoms with Gasteiger partial charge in [0.15, 0.2) is 0 Å². The van der Waals surface area contributed by atoms with Crippen LogP contribution >= 0.6 is 0 Å². The zero-order valence-corrected chi connectivity index (χ0v) is 48.6. The van der Waals surface area contributed by atoms with Crippen LogP contribution in [0.5, 0.6) is 11.5 Å². The Bertz CT molecular complexity index is 3340. The summed E-state index contributed by atoms with van der Waals surface area (Å²) in [6.07, 6.45) is 1.93. The predicted molar refractivity (Wildman–Crippen MR) is 305 cm³/mol. The first-order valence-corrected chi connectivity index (χ1v) is 25.8. The van der Waals surface area contributed by atoms with Gasteiger partial charge in [-0.3, -0.25) is 0 Å². The van der Waals surface area contributed by atoms with Gasteiger partial charge in [0.05, 0.1) is 0 Å². The quantitative estimate of drug-likeness (QED) is 0.142. The number of fused-ring (bicyclic) bond motifs is 3. The maximum atomic E-state index is 7.05. The van der Waals surface area contributed by atoms with Crippen molar-refractivity contribution in [1.29, 1.82) is 0 Å². The second-order valence-electron chi connectivity index (χ2n) is 25.7. The van der Waals surface area contributed by atoms with E-state index in [-0.39, 0.29) is 53.6 Å². The molecule has 73 heavy (non-hydrogen) atoms. The zero-order valence-electron chi connectivity index (χ0n) is 46.4. The Morgan fingerprint density at radius 3 is 1.66 bits per heavy atom. The Labute approximate surface area is 452 Å². The van der Waals surface area contributed by atoms with Crippen molar-refractivity contribution < 1.29 is 25.8 Å². The van der Waals surface area contributed by atoms with Gasteiger partial charge in [0.2, 0.25) is 0 Å². The van der Waals surface area contributed by atoms with Crippen LogP contribution in [0, 0.1) is 29.6 Å². The van der Waals surface area contributed by atoms with E-state index in [1.165, 1.54) is 39.2 Å². The second-order valence-corrected chi connectivity index (χ2v) is 25.7. The van der Waals surface area contributed by atoms with E-state index >= 15 is 0 Å². The largest absolute Gasteiger partial charge is 0.509 e. The van der Waals surface area contributed by atoms with Gasteiger partial charge in [-0.15, -0.1) is 53.6 Å². The van der Waals surface area contributed by atoms with Crippen molar-refractivity contribution in [1.82, 2.24) is 9.55 Å². The fourth-order valence-electron chi connectivity index (χ4n) is 10.2. The molecular formula is C67H75N4OPt-3. The molecule has 1 aliphatic rings. The van der Waals surface area contributed by atoms with Crippen LogP contribution in [0.2, 0.25) is 0 Å². The number of anilines is 2. The van der Waals surface area contributed by atoms with E-state index in [4.69, 9.17) is 9.72 Å². The SMILES string of the molecule is CC(C)(C)C1=C(C(C)(C)C)N(c2cc(C(C)(C)C)cc(C(C)(C)c3ccccc3)c2)[CH-]N1c1[c-]c(Oc2[c-]c3c(cc2)c2cc(C(C)(C)C)ccc2n3-c2cc(C(C)(C)C)ccn2)cc(-c2ccccc2)c1.[Pt]. The number of pyridine rings is 1. The summed E-state index contributed by atoms with van der Waals surface area (Å²) in [4.78, 5) is 9.81. The molecule has 0 unspecified atom stereocenters. The van der Waals surface area contributed by atoms with Gasteiger partial charge in [-0.2, -0.15) is 6.07 Å². The van der Waals surface area contributed by atoms with Crippen molar-refractivity contribution in [2.24, 2.45) is 10.8 Å². The van der Waals surface area contributed by atoms with Gasteiger partial charge in [0, 0.05) is 77.6 Å². The Balaban J connectivity index is 0.00000711. The van der Waals surface area contributed by atoms with Crippen LogP contribution in [0.3, 0.4) is 0 Å². The average molecular weight is 1150 g/mol. The van der Waals surface area contributed by atoms with E-state index in [0.29, 0.717) is 11.5 Å². The molecule has 382 valence electrons. The van der Waals surface area contributed by atoms with Crippen LogP contribution < -0.4 is 14.5 Å². The molecule has 3 heterocycles. The Morgan fingerprint density at radius 2 is 1.04 bits per heavy atom. The van der Waals surface area contributed by atoms with Crippen molar-refractivity contribution in [2.45, 2.75) is 139 Å². The summed E-state index contributed by atoms with van der Waals surface area (Å²) in [7, 11) is 0. The molecule has 9 rings (SSSR count). The Hall–Kier alpha value is -5.90. The first kappa shape index (κ1) is 53.4. The van der Waals surface area contributed by atoms with Crippen LogP contribution in [-0.4, -0.2) is 9.55 Å². The van der Waals surface area contributed by atoms with Crippen molar-refractivity contribution in [3.8, 4) is 28.4 Å². The molecule has 0 amide bonds. The first-order chi connectivity index (χ1) is 33.6. The summed E-state index contributed by atoms with van der Waals surface area (Å²) in [6.45, 7) is 41.5. The zero-order chi connectivity index (χ0) is 51.9. The topological polar surface area (TPSA) is 33.5 Å². The van der Waals surface area contributed by atoms with Gasteiger partial charge < -0.3 is 19.1 Å². The van der Waals surface area contributed by atoms with Crippen LogP contribution in [0.25, 0.3) is 38.8 Å². The van der Waals surface area contributed by atoms with E-state index in [0.717, 1.165) is 50.1 Å². The number of nitrogens with zero attached hydrogens (tertiary/aromatic N) is 4. The number of benzene rings is 6. The number of allylic oxidation sites excluding steroid dienone is 2. The third-order valence-electron chi connectivity index (χ3n) is 14.4. The molecule has 0 spiro atoms. The third-order valence-corrected chi connectivity index (χ3v) is 14.4. The smallest absolute Gasteiger partial charge is 0.135 e. The number of rotatable bonds is 8. The van der Waals surface area contributed by atoms with Gasteiger partial charge in [-0.25, -0.2) is 4.98 Å². The van der Waals surface area contributed by atoms with Crippen molar-refractivity contribution in [3.05, 3.63) is 198 Å². The molecule has 0 saturated heterocycles. The van der Waals surface area contributed by atoms with Gasteiger partial charge in [-0.1, -0.05) is 202 Å². The molecule has 6 aromatic carbocycles. The maximum Gasteiger partial charge on any atom is 0.135 e. The summed E-state index contributed by atoms with van der Waals surface area (Å²) in [5.74, 6) is 2.06. The van der Waals surface area contributed by atoms with E-state index in [2.05, 4.69) is 284 Å². The van der Waals surface area contributed by atoms with Crippen LogP contribution in [0.15, 0.2) is 151 Å². The summed E-state index contributed by atoms with van der Waals surface area (Å²) in [5, 5.41) is 2.26. The summed E-state index contributed by atoms with van der Waals surface area (Å²) >= 11 is 0. The number of hydrogen-bond donors (Lipinski definition) is 0. The minimum absolute atomic E-state index is 0. The van der Waals surface area contributed by atoms with Crippen molar-refractivity contribution in [3.63, 3.8) is 0 Å². The van der Waals surface area contributed by atoms with Gasteiger partial charge in [0.1, 0.15) is 5.82 Å². The van der Waals surface area contributed by atoms with Crippen LogP contribution in [0.1, 0.15) is 146 Å². The van der Waals surface area contributed by atoms with Crippen LogP contribution in [-0.2, 0) is 42.7 Å². The standard InChI is InChI=1S/C67H75N4O.Pt/c1-62(2,3)47-28-31-57-56(39-47)55-30-29-53(42-58(55)71(57)59-40-48(32-33-68-59)63(4,5)6)72-54-35-45(44-24-20-18-21-25-44)34-51(41-54)69-43-70(61(66(13,14)15)60(69)65(10,11)12)52-37-49(64(7,8)9)36-50(38-52)67(16,17)46-26-22-19-23-27-46;/h18-40,43H,1-17H3;/q-3;. The van der Waals surface area contributed by atoms with E-state index < -0.39 is 0 Å². The Kier molecular flexibility index (Phi) is 14.0. The molecular weight excluding hydrogens is 1070 g/mol. The van der Waals surface area contributed by atoms with Gasteiger partial charge >= 0.3 is 0 Å². The molecule has 8 aromatic rings. The molecule has 6 heteroatoms. The molecule has 0 radical (unpaired) electrons. The second kappa shape index (κ2) is 19.1. The van der Waals surface area contributed by atoms with E-state index in [1.807, 2.05) is 6.20 Å². The molecule has 0 saturated carbocycles. The molecule has 5 nitrogen and oxygen atoms in total. The molecule has 0 atom stereocenters. The molecule has 0 aliphatic carbocycles. The summed E-state index contributed by atoms with van der Waals surface area (Å²) in [5.41, 5.74) is 14.1. The van der Waals surface area contributed by atoms with Gasteiger partial charge in [-0.05, 0) is 85.3 Å². The third kappa shape index (κ3) is 10.6. The molecule has 0 N–H and O–H groups in total. The fraction of sp³-hybridized carbons (Fsp3) is 0.343. The van der Waals surface area contributed by atoms with Crippen molar-refractivity contribution >= 4 is 33.2 Å². The first-order valence-electron chi connectivity index (χ1n) is 25.8. The fourth-order valence-corrected chi connectivity index (χ4v) is 10.2.